The Bertz CT molecular complexity index is 141. The van der Waals surface area contributed by atoms with Crippen molar-refractivity contribution in [3.63, 3.8) is 0 Å². The molecule has 0 rings (SSSR count). The number of nitrogens with zero attached hydrogens (tertiary/aromatic N) is 2. The first-order valence-corrected chi connectivity index (χ1v) is 4.39. The van der Waals surface area contributed by atoms with E-state index >= 15 is 0 Å². The van der Waals surface area contributed by atoms with Gasteiger partial charge in [-0.3, -0.25) is 0 Å². The van der Waals surface area contributed by atoms with Gasteiger partial charge in [0, 0.05) is 0 Å². The highest BCUT2D eigenvalue weighted by Crippen LogP contribution is 2.42. The van der Waals surface area contributed by atoms with E-state index in [2.05, 4.69) is 44.3 Å². The maximum atomic E-state index is 5.35. The first kappa shape index (κ1) is 8.32. The molecule has 0 radical (unpaired) electrons. The van der Waals surface area contributed by atoms with E-state index in [4.69, 9.17) is 11.2 Å². The van der Waals surface area contributed by atoms with Gasteiger partial charge >= 0.3 is 0 Å². The minimum atomic E-state index is -1.29. The summed E-state index contributed by atoms with van der Waals surface area (Å²) in [6.45, 7) is 0. The van der Waals surface area contributed by atoms with Gasteiger partial charge in [0.2, 0.25) is 0 Å². The molecule has 0 unspecified atom stereocenters. The van der Waals surface area contributed by atoms with E-state index in [1.165, 1.54) is 0 Å². The van der Waals surface area contributed by atoms with Gasteiger partial charge in [0.25, 0.3) is 7.58 Å². The molecule has 0 aromatic rings. The normalized spacial score (nSPS) is 10.6. The molecule has 0 aliphatic carbocycles. The molecule has 8 heavy (non-hydrogen) atoms. The Morgan fingerprint density at radius 3 is 1.88 bits per heavy atom. The predicted octanol–water partition coefficient (Wildman–Crippen LogP) is 2.66. The molecule has 0 spiro atoms. The fourth-order valence-electron chi connectivity index (χ4n) is 0.0897. The second-order valence-electron chi connectivity index (χ2n) is 0.623. The summed E-state index contributed by atoms with van der Waals surface area (Å²) in [4.78, 5) is 0. The van der Waals surface area contributed by atoms with Gasteiger partial charge in [0.1, 0.15) is 0 Å². The Morgan fingerprint density at radius 1 is 1.25 bits per heavy atom. The molecule has 42 valence electrons. The lowest BCUT2D eigenvalue weighted by Gasteiger charge is -1.81. The van der Waals surface area contributed by atoms with Crippen LogP contribution < -0.4 is 0 Å². The van der Waals surface area contributed by atoms with E-state index in [1.807, 2.05) is 0 Å². The number of isothiocyanates is 2. The third-order valence-corrected chi connectivity index (χ3v) is 1.68. The molecule has 0 aliphatic heterocycles. The van der Waals surface area contributed by atoms with Crippen molar-refractivity contribution in [3.8, 4) is 0 Å². The zero-order valence-corrected chi connectivity index (χ0v) is 6.82. The topological polar surface area (TPSA) is 24.7 Å². The lowest BCUT2D eigenvalue weighted by atomic mass is 11.8. The average molecular weight is 183 g/mol. The van der Waals surface area contributed by atoms with E-state index in [9.17, 15) is 0 Å². The molecule has 0 saturated heterocycles. The Hall–Kier alpha value is 0.320. The van der Waals surface area contributed by atoms with E-state index in [-0.39, 0.29) is 0 Å². The second kappa shape index (κ2) is 5.46. The minimum absolute atomic E-state index is 1.29. The van der Waals surface area contributed by atoms with Gasteiger partial charge in [-0.1, -0.05) is 0 Å². The molecular formula is C2ClN2PS2. The van der Waals surface area contributed by atoms with Gasteiger partial charge in [-0.05, 0) is 35.7 Å². The van der Waals surface area contributed by atoms with Crippen LogP contribution in [0.4, 0.5) is 0 Å². The third-order valence-electron chi connectivity index (χ3n) is 0.247. The number of hydrogen-bond donors (Lipinski definition) is 0. The second-order valence-corrected chi connectivity index (χ2v) is 2.78. The van der Waals surface area contributed by atoms with Gasteiger partial charge in [-0.15, -0.1) is 0 Å². The van der Waals surface area contributed by atoms with Crippen LogP contribution in [0.1, 0.15) is 0 Å². The maximum absolute atomic E-state index is 5.35. The van der Waals surface area contributed by atoms with Crippen LogP contribution in [0, 0.1) is 0 Å². The lowest BCUT2D eigenvalue weighted by molar-refractivity contribution is 1.85. The highest BCUT2D eigenvalue weighted by molar-refractivity contribution is 7.84. The summed E-state index contributed by atoms with van der Waals surface area (Å²) < 4.78 is 6.83. The zero-order chi connectivity index (χ0) is 6.41. The lowest BCUT2D eigenvalue weighted by Crippen LogP contribution is -1.44. The van der Waals surface area contributed by atoms with Crippen molar-refractivity contribution in [2.24, 2.45) is 9.53 Å². The quantitative estimate of drug-likeness (QED) is 0.373. The van der Waals surface area contributed by atoms with Crippen LogP contribution >= 0.6 is 43.3 Å². The zero-order valence-electron chi connectivity index (χ0n) is 3.54. The van der Waals surface area contributed by atoms with Gasteiger partial charge in [0.15, 0.2) is 0 Å². The summed E-state index contributed by atoms with van der Waals surface area (Å²) in [5, 5.41) is 4.15. The summed E-state index contributed by atoms with van der Waals surface area (Å²) in [6.07, 6.45) is 0. The molecule has 0 aromatic carbocycles. The van der Waals surface area contributed by atoms with Gasteiger partial charge < -0.3 is 0 Å². The van der Waals surface area contributed by atoms with Crippen molar-refractivity contribution in [1.29, 1.82) is 0 Å². The average Bonchev–Trinajstić information content (AvgIpc) is 1.68. The first-order chi connectivity index (χ1) is 3.81. The Balaban J connectivity index is 3.82. The number of thiocarbonyl (C=S) groups is 2. The standard InChI is InChI=1S/C2ClN2PS2/c3-6(4-1-7)5-2-8. The van der Waals surface area contributed by atoms with Crippen molar-refractivity contribution in [2.45, 2.75) is 0 Å². The summed E-state index contributed by atoms with van der Waals surface area (Å²) in [5.74, 6) is 0. The predicted molar refractivity (Wildman–Crippen MR) is 42.8 cm³/mol. The van der Waals surface area contributed by atoms with E-state index in [0.29, 0.717) is 0 Å². The number of halogens is 1. The molecule has 0 bridgehead atoms. The maximum Gasteiger partial charge on any atom is 0.255 e. The highest BCUT2D eigenvalue weighted by Gasteiger charge is 1.91. The van der Waals surface area contributed by atoms with Crippen LogP contribution in [-0.2, 0) is 0 Å². The molecule has 6 heteroatoms. The van der Waals surface area contributed by atoms with Crippen molar-refractivity contribution >= 4 is 53.6 Å². The monoisotopic (exact) mass is 182 g/mol. The molecule has 0 atom stereocenters. The van der Waals surface area contributed by atoms with Crippen LogP contribution in [-0.4, -0.2) is 10.3 Å². The summed E-state index contributed by atoms with van der Waals surface area (Å²) >= 11 is 13.8. The first-order valence-electron chi connectivity index (χ1n) is 1.42. The van der Waals surface area contributed by atoms with Crippen LogP contribution in [0.3, 0.4) is 0 Å². The fraction of sp³-hybridized carbons (Fsp3) is 0. The molecule has 0 aliphatic rings. The van der Waals surface area contributed by atoms with Crippen molar-refractivity contribution in [1.82, 2.24) is 0 Å². The fourth-order valence-corrected chi connectivity index (χ4v) is 1.23. The largest absolute Gasteiger partial charge is 0.255 e. The Labute approximate surface area is 63.3 Å². The summed E-state index contributed by atoms with van der Waals surface area (Å²) in [7, 11) is -1.29. The Morgan fingerprint density at radius 2 is 1.62 bits per heavy atom. The minimum Gasteiger partial charge on any atom is -0.166 e. The number of rotatable bonds is 2. The van der Waals surface area contributed by atoms with Crippen LogP contribution in [0.2, 0.25) is 0 Å². The smallest absolute Gasteiger partial charge is 0.166 e. The van der Waals surface area contributed by atoms with Crippen molar-refractivity contribution < 1.29 is 0 Å². The molecule has 0 aromatic heterocycles. The van der Waals surface area contributed by atoms with E-state index in [1.54, 1.807) is 0 Å². The summed E-state index contributed by atoms with van der Waals surface area (Å²) in [6, 6.07) is 0. The molecule has 2 nitrogen and oxygen atoms in total. The van der Waals surface area contributed by atoms with E-state index < -0.39 is 7.58 Å². The van der Waals surface area contributed by atoms with Crippen molar-refractivity contribution in [3.05, 3.63) is 0 Å². The highest BCUT2D eigenvalue weighted by atomic mass is 35.7. The molecule has 0 heterocycles. The van der Waals surface area contributed by atoms with Gasteiger partial charge in [-0.25, -0.2) is 0 Å². The molecule has 0 amide bonds. The molecule has 0 N–H and O–H groups in total. The van der Waals surface area contributed by atoms with E-state index in [0.717, 1.165) is 0 Å². The molecule has 0 fully saturated rings. The van der Waals surface area contributed by atoms with Crippen molar-refractivity contribution in [2.75, 3.05) is 0 Å². The van der Waals surface area contributed by atoms with Gasteiger partial charge in [-0.2, -0.15) is 9.53 Å². The molecule has 0 saturated carbocycles. The van der Waals surface area contributed by atoms with Crippen LogP contribution in [0.25, 0.3) is 0 Å². The van der Waals surface area contributed by atoms with Gasteiger partial charge in [0.05, 0.1) is 10.3 Å². The van der Waals surface area contributed by atoms with Crippen LogP contribution in [0.5, 0.6) is 0 Å². The Kier molecular flexibility index (Phi) is 5.67. The summed E-state index contributed by atoms with van der Waals surface area (Å²) in [5.41, 5.74) is 0. The van der Waals surface area contributed by atoms with Crippen LogP contribution in [0.15, 0.2) is 9.53 Å². The SMILES string of the molecule is S=C=NP(Cl)N=C=S. The molecular weight excluding hydrogens is 183 g/mol. The third kappa shape index (κ3) is 4.48. The number of hydrogen-bond acceptors (Lipinski definition) is 4.